The molecule has 0 spiro atoms. The second-order valence-corrected chi connectivity index (χ2v) is 1.34. The van der Waals surface area contributed by atoms with Crippen LogP contribution < -0.4 is 0 Å². The van der Waals surface area contributed by atoms with E-state index >= 15 is 0 Å². The first-order valence-electron chi connectivity index (χ1n) is 1.81. The van der Waals surface area contributed by atoms with Crippen molar-refractivity contribution in [2.45, 2.75) is 6.42 Å². The molecule has 0 saturated heterocycles. The van der Waals surface area contributed by atoms with Crippen LogP contribution in [0, 0.1) is 6.57 Å². The molecule has 0 aliphatic rings. The normalized spacial score (nSPS) is 7.43. The summed E-state index contributed by atoms with van der Waals surface area (Å²) in [5, 5.41) is 0. The molecule has 7 heavy (non-hydrogen) atoms. The summed E-state index contributed by atoms with van der Waals surface area (Å²) in [6.07, 6.45) is 0.234. The quantitative estimate of drug-likeness (QED) is 0.498. The molecular weight excluding hydrogens is 114 g/mol. The van der Waals surface area contributed by atoms with Gasteiger partial charge in [0.15, 0.2) is 0 Å². The summed E-state index contributed by atoms with van der Waals surface area (Å²) in [6.45, 7) is 4.57. The smallest absolute Gasteiger partial charge is 0.200 e. The molecule has 0 N–H and O–H groups in total. The molecule has 0 aliphatic heterocycles. The third-order valence-corrected chi connectivity index (χ3v) is 0.641. The molecule has 3 heteroatoms. The average molecular weight is 119 g/mol. The Morgan fingerprint density at radius 2 is 2.43 bits per heavy atom. The van der Waals surface area contributed by atoms with Gasteiger partial charge in [0.1, 0.15) is 6.42 Å². The molecule has 0 fully saturated rings. The van der Waals surface area contributed by atoms with Crippen LogP contribution in [0.3, 0.4) is 0 Å². The van der Waals surface area contributed by atoms with E-state index in [-0.39, 0.29) is 12.3 Å². The van der Waals surface area contributed by atoms with Crippen LogP contribution in [0.5, 0.6) is 0 Å². The van der Waals surface area contributed by atoms with E-state index in [1.807, 2.05) is 0 Å². The van der Waals surface area contributed by atoms with Crippen molar-refractivity contribution in [3.8, 4) is 6.57 Å². The van der Waals surface area contributed by atoms with Crippen LogP contribution in [0.2, 0.25) is 0 Å². The van der Waals surface area contributed by atoms with Crippen molar-refractivity contribution in [3.05, 3.63) is 4.85 Å². The third-order valence-electron chi connectivity index (χ3n) is 0.452. The molecule has 0 saturated carbocycles. The Balaban J connectivity index is 3.24. The summed E-state index contributed by atoms with van der Waals surface area (Å²) in [6, 6.07) is 0. The lowest BCUT2D eigenvalue weighted by Crippen LogP contribution is -1.88. The average Bonchev–Trinajstić information content (AvgIpc) is 1.68. The lowest BCUT2D eigenvalue weighted by atomic mass is 10.5. The molecule has 38 valence electrons. The van der Waals surface area contributed by atoms with Gasteiger partial charge in [-0.25, -0.2) is 4.79 Å². The summed E-state index contributed by atoms with van der Waals surface area (Å²) in [7, 11) is 0. The zero-order valence-corrected chi connectivity index (χ0v) is 4.48. The highest BCUT2D eigenvalue weighted by Gasteiger charge is 2.05. The van der Waals surface area contributed by atoms with E-state index in [0.29, 0.717) is 5.88 Å². The molecule has 0 aromatic rings. The summed E-state index contributed by atoms with van der Waals surface area (Å²) < 4.78 is 0. The zero-order chi connectivity index (χ0) is 5.70. The van der Waals surface area contributed by atoms with E-state index in [0.717, 1.165) is 0 Å². The molecule has 1 amide bonds. The van der Waals surface area contributed by atoms with Crippen LogP contribution in [0.1, 0.15) is 6.42 Å². The number of amides is 1. The largest absolute Gasteiger partial charge is 0.515 e. The molecule has 0 aromatic carbocycles. The minimum atomic E-state index is -0.352. The minimum Gasteiger partial charge on any atom is -0.200 e. The number of halogens is 1. The van der Waals surface area contributed by atoms with E-state index in [1.54, 1.807) is 0 Å². The van der Waals surface area contributed by atoms with Crippen LogP contribution in [-0.2, 0) is 4.79 Å². The van der Waals surface area contributed by atoms with Gasteiger partial charge in [0.25, 0.3) is 6.57 Å². The van der Waals surface area contributed by atoms with Crippen molar-refractivity contribution < 1.29 is 4.79 Å². The number of carbonyl (C=O) groups excluding carboxylic acids is 1. The van der Waals surface area contributed by atoms with E-state index in [1.165, 1.54) is 0 Å². The number of alkyl halides is 1. The zero-order valence-electron chi connectivity index (χ0n) is 3.72. The highest BCUT2D eigenvalue weighted by Crippen LogP contribution is 1.85. The van der Waals surface area contributed by atoms with Crippen molar-refractivity contribution in [1.29, 1.82) is 0 Å². The predicted octanol–water partition coefficient (Wildman–Crippen LogP) is 1.10. The fourth-order valence-electron chi connectivity index (χ4n) is 0.145. The topological polar surface area (TPSA) is 21.4 Å². The van der Waals surface area contributed by atoms with Crippen molar-refractivity contribution in [2.75, 3.05) is 5.88 Å². The van der Waals surface area contributed by atoms with Gasteiger partial charge >= 0.3 is 5.91 Å². The van der Waals surface area contributed by atoms with Crippen LogP contribution in [0.25, 0.3) is 4.85 Å². The number of rotatable bonds is 2. The Morgan fingerprint density at radius 1 is 1.86 bits per heavy atom. The fourth-order valence-corrected chi connectivity index (χ4v) is 0.307. The van der Waals surface area contributed by atoms with Gasteiger partial charge in [-0.1, -0.05) is 0 Å². The summed E-state index contributed by atoms with van der Waals surface area (Å²) in [5.74, 6) is -0.0606. The van der Waals surface area contributed by atoms with Crippen LogP contribution in [0.4, 0.5) is 0 Å². The maximum Gasteiger partial charge on any atom is 0.515 e. The molecule has 0 aliphatic carbocycles. The molecule has 2 nitrogen and oxygen atoms in total. The molecule has 0 unspecified atom stereocenters. The van der Waals surface area contributed by atoms with Gasteiger partial charge in [0.2, 0.25) is 0 Å². The van der Waals surface area contributed by atoms with E-state index in [9.17, 15) is 4.79 Å². The van der Waals surface area contributed by atoms with Gasteiger partial charge in [0, 0.05) is 10.7 Å². The molecule has 0 atom stereocenters. The number of nitrogens with zero attached hydrogens (tertiary/aromatic N) is 1. The molecule has 0 rings (SSSR count). The molecule has 0 aromatic heterocycles. The first kappa shape index (κ1) is 6.45. The van der Waals surface area contributed by atoms with Crippen molar-refractivity contribution in [1.82, 2.24) is 0 Å². The van der Waals surface area contributed by atoms with Gasteiger partial charge in [-0.2, -0.15) is 0 Å². The Labute approximate surface area is 46.9 Å². The van der Waals surface area contributed by atoms with Crippen molar-refractivity contribution in [3.63, 3.8) is 0 Å². The Kier molecular flexibility index (Phi) is 3.35. The third kappa shape index (κ3) is 3.28. The number of carbonyl (C=O) groups is 1. The van der Waals surface area contributed by atoms with Crippen molar-refractivity contribution >= 4 is 17.5 Å². The predicted molar refractivity (Wildman–Crippen MR) is 28.6 cm³/mol. The van der Waals surface area contributed by atoms with Crippen LogP contribution in [-0.4, -0.2) is 11.8 Å². The maximum absolute atomic E-state index is 10.0. The van der Waals surface area contributed by atoms with Gasteiger partial charge in [0.05, 0.1) is 0 Å². The Morgan fingerprint density at radius 3 is 2.57 bits per heavy atom. The molecule has 0 bridgehead atoms. The minimum absolute atomic E-state index is 0.234. The van der Waals surface area contributed by atoms with E-state index < -0.39 is 0 Å². The summed E-state index contributed by atoms with van der Waals surface area (Å²) in [5.41, 5.74) is 0. The van der Waals surface area contributed by atoms with Gasteiger partial charge < -0.3 is 0 Å². The lowest BCUT2D eigenvalue weighted by molar-refractivity contribution is -0.114. The first-order chi connectivity index (χ1) is 3.31. The highest BCUT2D eigenvalue weighted by atomic mass is 35.5. The lowest BCUT2D eigenvalue weighted by Gasteiger charge is -1.67. The van der Waals surface area contributed by atoms with Crippen LogP contribution in [0.15, 0.2) is 0 Å². The van der Waals surface area contributed by atoms with Gasteiger partial charge in [-0.05, 0) is 0 Å². The van der Waals surface area contributed by atoms with Gasteiger partial charge in [-0.15, -0.1) is 11.6 Å². The second kappa shape index (κ2) is 3.63. The SMILES string of the molecule is C#[N+]C(=O)CCCl. The molecule has 0 radical (unpaired) electrons. The standard InChI is InChI=1S/C4H5ClNO/c1-6-4(7)2-3-5/h1H,2-3H2/q+1. The van der Waals surface area contributed by atoms with E-state index in [4.69, 9.17) is 11.6 Å². The second-order valence-electron chi connectivity index (χ2n) is 0.962. The monoisotopic (exact) mass is 118 g/mol. The first-order valence-corrected chi connectivity index (χ1v) is 2.34. The van der Waals surface area contributed by atoms with E-state index in [2.05, 4.69) is 11.4 Å². The van der Waals surface area contributed by atoms with Crippen molar-refractivity contribution in [2.24, 2.45) is 0 Å². The molecule has 0 heterocycles. The number of hydrogen-bond donors (Lipinski definition) is 0. The Bertz CT molecular complexity index is 105. The Hall–Kier alpha value is -0.550. The van der Waals surface area contributed by atoms with Gasteiger partial charge in [-0.3, -0.25) is 0 Å². The summed E-state index contributed by atoms with van der Waals surface area (Å²) in [4.78, 5) is 12.9. The highest BCUT2D eigenvalue weighted by molar-refractivity contribution is 6.19. The number of hydrogen-bond acceptors (Lipinski definition) is 1. The molecular formula is C4H5ClNO+. The maximum atomic E-state index is 10.0. The summed E-state index contributed by atoms with van der Waals surface area (Å²) >= 11 is 5.14. The van der Waals surface area contributed by atoms with Crippen LogP contribution >= 0.6 is 11.6 Å². The fraction of sp³-hybridized carbons (Fsp3) is 0.500.